The highest BCUT2D eigenvalue weighted by molar-refractivity contribution is 5.76. The molecule has 1 fully saturated rings. The van der Waals surface area contributed by atoms with E-state index in [4.69, 9.17) is 10.5 Å². The summed E-state index contributed by atoms with van der Waals surface area (Å²) in [4.78, 5) is 18.8. The van der Waals surface area contributed by atoms with Crippen molar-refractivity contribution < 1.29 is 9.53 Å². The molecule has 0 saturated heterocycles. The van der Waals surface area contributed by atoms with Gasteiger partial charge in [-0.1, -0.05) is 13.8 Å². The van der Waals surface area contributed by atoms with Crippen LogP contribution in [0.1, 0.15) is 38.8 Å². The average molecular weight is 265 g/mol. The lowest BCUT2D eigenvalue weighted by Gasteiger charge is -2.31. The van der Waals surface area contributed by atoms with Gasteiger partial charge in [-0.2, -0.15) is 0 Å². The molecule has 3 N–H and O–H groups in total. The van der Waals surface area contributed by atoms with Gasteiger partial charge in [0.25, 0.3) is 0 Å². The van der Waals surface area contributed by atoms with Gasteiger partial charge in [0.05, 0.1) is 6.33 Å². The van der Waals surface area contributed by atoms with Gasteiger partial charge in [-0.05, 0) is 31.1 Å². The molecular formula is C14H23N3O2. The summed E-state index contributed by atoms with van der Waals surface area (Å²) < 4.78 is 5.54. The fraction of sp³-hybridized carbons (Fsp3) is 0.714. The molecule has 1 aliphatic rings. The van der Waals surface area contributed by atoms with Gasteiger partial charge in [-0.25, -0.2) is 4.98 Å². The standard InChI is InChI=1S/C14H23N3O2/c1-9-3-10(2)5-12(4-9)19-14(18)13(15)6-11-7-16-8-17-11/h7-10,12-13H,3-6,15H2,1-2H3,(H,16,17)/t9?,10?,12?,13-/m1/s1. The largest absolute Gasteiger partial charge is 0.461 e. The molecule has 0 spiro atoms. The Hall–Kier alpha value is -1.36. The minimum Gasteiger partial charge on any atom is -0.461 e. The summed E-state index contributed by atoms with van der Waals surface area (Å²) in [5.41, 5.74) is 6.73. The third-order valence-corrected chi connectivity index (χ3v) is 3.72. The number of aromatic amines is 1. The van der Waals surface area contributed by atoms with E-state index in [0.717, 1.165) is 18.5 Å². The van der Waals surface area contributed by atoms with Crippen LogP contribution in [-0.4, -0.2) is 28.1 Å². The van der Waals surface area contributed by atoms with Crippen molar-refractivity contribution in [1.29, 1.82) is 0 Å². The van der Waals surface area contributed by atoms with Crippen LogP contribution in [0.4, 0.5) is 0 Å². The zero-order valence-electron chi connectivity index (χ0n) is 11.6. The van der Waals surface area contributed by atoms with Gasteiger partial charge in [0, 0.05) is 18.3 Å². The highest BCUT2D eigenvalue weighted by atomic mass is 16.5. The molecule has 1 heterocycles. The Kier molecular flexibility index (Phi) is 4.58. The van der Waals surface area contributed by atoms with Gasteiger partial charge < -0.3 is 15.5 Å². The minimum absolute atomic E-state index is 0.0269. The Morgan fingerprint density at radius 2 is 2.16 bits per heavy atom. The second-order valence-corrected chi connectivity index (χ2v) is 5.86. The van der Waals surface area contributed by atoms with E-state index in [1.807, 2.05) is 0 Å². The van der Waals surface area contributed by atoms with Crippen LogP contribution in [0.5, 0.6) is 0 Å². The fourth-order valence-corrected chi connectivity index (χ4v) is 2.94. The van der Waals surface area contributed by atoms with E-state index in [2.05, 4.69) is 23.8 Å². The normalized spacial score (nSPS) is 28.9. The van der Waals surface area contributed by atoms with Gasteiger partial charge in [-0.15, -0.1) is 0 Å². The maximum Gasteiger partial charge on any atom is 0.323 e. The van der Waals surface area contributed by atoms with E-state index >= 15 is 0 Å². The van der Waals surface area contributed by atoms with E-state index in [9.17, 15) is 4.79 Å². The van der Waals surface area contributed by atoms with Crippen molar-refractivity contribution in [2.45, 2.75) is 51.7 Å². The number of nitrogens with zero attached hydrogens (tertiary/aromatic N) is 1. The number of carbonyl (C=O) groups is 1. The molecule has 0 amide bonds. The molecule has 2 rings (SSSR count). The lowest BCUT2D eigenvalue weighted by atomic mass is 9.82. The highest BCUT2D eigenvalue weighted by Gasteiger charge is 2.28. The zero-order valence-corrected chi connectivity index (χ0v) is 11.6. The third kappa shape index (κ3) is 4.06. The van der Waals surface area contributed by atoms with Crippen LogP contribution < -0.4 is 5.73 Å². The number of esters is 1. The van der Waals surface area contributed by atoms with Crippen molar-refractivity contribution in [2.75, 3.05) is 0 Å². The number of imidazole rings is 1. The Balaban J connectivity index is 1.82. The Bertz CT molecular complexity index is 395. The van der Waals surface area contributed by atoms with Crippen LogP contribution in [0.3, 0.4) is 0 Å². The number of rotatable bonds is 4. The minimum atomic E-state index is -0.618. The van der Waals surface area contributed by atoms with Crippen LogP contribution in [0.15, 0.2) is 12.5 Å². The number of hydrogen-bond acceptors (Lipinski definition) is 4. The van der Waals surface area contributed by atoms with Gasteiger partial charge >= 0.3 is 5.97 Å². The fourth-order valence-electron chi connectivity index (χ4n) is 2.94. The number of aromatic nitrogens is 2. The molecule has 0 aliphatic heterocycles. The van der Waals surface area contributed by atoms with E-state index in [1.54, 1.807) is 12.5 Å². The molecule has 1 aromatic heterocycles. The third-order valence-electron chi connectivity index (χ3n) is 3.72. The van der Waals surface area contributed by atoms with E-state index in [-0.39, 0.29) is 12.1 Å². The van der Waals surface area contributed by atoms with Crippen LogP contribution in [0.25, 0.3) is 0 Å². The van der Waals surface area contributed by atoms with E-state index < -0.39 is 6.04 Å². The first-order chi connectivity index (χ1) is 9.04. The predicted octanol–water partition coefficient (Wildman–Crippen LogP) is 1.65. The summed E-state index contributed by atoms with van der Waals surface area (Å²) in [5, 5.41) is 0. The summed E-state index contributed by atoms with van der Waals surface area (Å²) in [6.07, 6.45) is 6.85. The maximum atomic E-state index is 12.0. The molecule has 1 aromatic rings. The van der Waals surface area contributed by atoms with Crippen LogP contribution >= 0.6 is 0 Å². The van der Waals surface area contributed by atoms with Crippen molar-refractivity contribution in [2.24, 2.45) is 17.6 Å². The van der Waals surface area contributed by atoms with Crippen molar-refractivity contribution in [3.63, 3.8) is 0 Å². The number of nitrogens with one attached hydrogen (secondary N) is 1. The molecule has 0 radical (unpaired) electrons. The summed E-state index contributed by atoms with van der Waals surface area (Å²) >= 11 is 0. The molecule has 0 bridgehead atoms. The first kappa shape index (κ1) is 14.1. The van der Waals surface area contributed by atoms with Crippen LogP contribution in [0, 0.1) is 11.8 Å². The van der Waals surface area contributed by atoms with Crippen LogP contribution in [0.2, 0.25) is 0 Å². The summed E-state index contributed by atoms with van der Waals surface area (Å²) in [7, 11) is 0. The number of nitrogens with two attached hydrogens (primary N) is 1. The zero-order chi connectivity index (χ0) is 13.8. The van der Waals surface area contributed by atoms with Gasteiger partial charge in [0.1, 0.15) is 12.1 Å². The van der Waals surface area contributed by atoms with Crippen molar-refractivity contribution >= 4 is 5.97 Å². The molecule has 19 heavy (non-hydrogen) atoms. The number of H-pyrrole nitrogens is 1. The van der Waals surface area contributed by atoms with Crippen LogP contribution in [-0.2, 0) is 16.0 Å². The molecule has 2 unspecified atom stereocenters. The topological polar surface area (TPSA) is 81.0 Å². The SMILES string of the molecule is CC1CC(C)CC(OC(=O)[C@H](N)Cc2cnc[nH]2)C1. The molecular weight excluding hydrogens is 242 g/mol. The predicted molar refractivity (Wildman–Crippen MR) is 72.3 cm³/mol. The highest BCUT2D eigenvalue weighted by Crippen LogP contribution is 2.30. The van der Waals surface area contributed by atoms with Crippen molar-refractivity contribution in [1.82, 2.24) is 9.97 Å². The van der Waals surface area contributed by atoms with Gasteiger partial charge in [0.2, 0.25) is 0 Å². The molecule has 1 aliphatic carbocycles. The van der Waals surface area contributed by atoms with Gasteiger partial charge in [0.15, 0.2) is 0 Å². The number of ether oxygens (including phenoxy) is 1. The second kappa shape index (κ2) is 6.19. The number of carbonyl (C=O) groups excluding carboxylic acids is 1. The maximum absolute atomic E-state index is 12.0. The first-order valence-electron chi connectivity index (χ1n) is 6.98. The van der Waals surface area contributed by atoms with Crippen molar-refractivity contribution in [3.8, 4) is 0 Å². The number of hydrogen-bond donors (Lipinski definition) is 2. The van der Waals surface area contributed by atoms with Gasteiger partial charge in [-0.3, -0.25) is 4.79 Å². The van der Waals surface area contributed by atoms with E-state index in [0.29, 0.717) is 18.3 Å². The first-order valence-corrected chi connectivity index (χ1v) is 6.98. The smallest absolute Gasteiger partial charge is 0.323 e. The summed E-state index contributed by atoms with van der Waals surface area (Å²) in [5.74, 6) is 0.927. The monoisotopic (exact) mass is 265 g/mol. The lowest BCUT2D eigenvalue weighted by Crippen LogP contribution is -2.38. The lowest BCUT2D eigenvalue weighted by molar-refractivity contribution is -0.153. The average Bonchev–Trinajstić information content (AvgIpc) is 2.80. The Labute approximate surface area is 113 Å². The quantitative estimate of drug-likeness (QED) is 0.811. The summed E-state index contributed by atoms with van der Waals surface area (Å²) in [6.45, 7) is 4.42. The molecule has 5 heteroatoms. The Morgan fingerprint density at radius 3 is 2.74 bits per heavy atom. The molecule has 5 nitrogen and oxygen atoms in total. The van der Waals surface area contributed by atoms with E-state index in [1.165, 1.54) is 6.42 Å². The summed E-state index contributed by atoms with van der Waals surface area (Å²) in [6, 6.07) is -0.618. The molecule has 0 aromatic carbocycles. The Morgan fingerprint density at radius 1 is 1.47 bits per heavy atom. The molecule has 1 saturated carbocycles. The van der Waals surface area contributed by atoms with Crippen molar-refractivity contribution in [3.05, 3.63) is 18.2 Å². The molecule has 3 atom stereocenters. The second-order valence-electron chi connectivity index (χ2n) is 5.86. The molecule has 106 valence electrons.